The number of hydrogen-bond donors (Lipinski definition) is 0. The molecular weight excluding hydrogens is 385 g/mol. The topological polar surface area (TPSA) is 20.3 Å². The Hall–Kier alpha value is -1.07. The predicted octanol–water partition coefficient (Wildman–Crippen LogP) is 4.78. The average molecular weight is 400 g/mol. The molecule has 0 aliphatic rings. The minimum atomic E-state index is -0.0545. The molecule has 0 aromatic heterocycles. The lowest BCUT2D eigenvalue weighted by Crippen LogP contribution is -2.26. The van der Waals surface area contributed by atoms with Crippen LogP contribution in [-0.4, -0.2) is 13.0 Å². The van der Waals surface area contributed by atoms with Crippen molar-refractivity contribution in [2.24, 2.45) is 0 Å². The first-order chi connectivity index (χ1) is 9.52. The van der Waals surface area contributed by atoms with Crippen LogP contribution in [0.15, 0.2) is 42.5 Å². The predicted molar refractivity (Wildman–Crippen MR) is 92.7 cm³/mol. The Kier molecular flexibility index (Phi) is 5.05. The van der Waals surface area contributed by atoms with Crippen molar-refractivity contribution in [3.05, 3.63) is 62.2 Å². The summed E-state index contributed by atoms with van der Waals surface area (Å²) in [5.74, 6) is -0.0545. The van der Waals surface area contributed by atoms with Crippen molar-refractivity contribution in [2.75, 3.05) is 11.9 Å². The second kappa shape index (κ2) is 6.59. The fourth-order valence-corrected chi connectivity index (χ4v) is 2.65. The Labute approximate surface area is 137 Å². The summed E-state index contributed by atoms with van der Waals surface area (Å²) in [6.45, 7) is 2.11. The molecule has 2 nitrogen and oxygen atoms in total. The normalized spacial score (nSPS) is 10.4. The summed E-state index contributed by atoms with van der Waals surface area (Å²) in [7, 11) is 1.78. The van der Waals surface area contributed by atoms with Gasteiger partial charge < -0.3 is 4.90 Å². The van der Waals surface area contributed by atoms with Gasteiger partial charge in [0.1, 0.15) is 0 Å². The van der Waals surface area contributed by atoms with Gasteiger partial charge in [0.2, 0.25) is 0 Å². The first kappa shape index (κ1) is 15.3. The van der Waals surface area contributed by atoms with Crippen LogP contribution in [0, 0.1) is 3.57 Å². The average Bonchev–Trinajstić information content (AvgIpc) is 2.48. The second-order valence-electron chi connectivity index (χ2n) is 4.51. The van der Waals surface area contributed by atoms with Crippen LogP contribution in [0.2, 0.25) is 5.02 Å². The van der Waals surface area contributed by atoms with E-state index in [1.54, 1.807) is 24.1 Å². The number of carbonyl (C=O) groups excluding carboxylic acids is 1. The third-order valence-corrected chi connectivity index (χ3v) is 4.37. The van der Waals surface area contributed by atoms with Crippen LogP contribution in [0.5, 0.6) is 0 Å². The highest BCUT2D eigenvalue weighted by molar-refractivity contribution is 14.1. The molecule has 0 fully saturated rings. The van der Waals surface area contributed by atoms with Gasteiger partial charge in [0.15, 0.2) is 0 Å². The molecule has 0 bridgehead atoms. The SMILES string of the molecule is CCc1ccc(N(C)C(=O)c2cc(Cl)ccc2I)cc1. The quantitative estimate of drug-likeness (QED) is 0.680. The first-order valence-electron chi connectivity index (χ1n) is 6.35. The zero-order chi connectivity index (χ0) is 14.7. The molecule has 1 amide bonds. The maximum atomic E-state index is 12.5. The third-order valence-electron chi connectivity index (χ3n) is 3.20. The van der Waals surface area contributed by atoms with Gasteiger partial charge >= 0.3 is 0 Å². The van der Waals surface area contributed by atoms with Crippen LogP contribution >= 0.6 is 34.2 Å². The lowest BCUT2D eigenvalue weighted by Gasteiger charge is -2.18. The monoisotopic (exact) mass is 399 g/mol. The summed E-state index contributed by atoms with van der Waals surface area (Å²) < 4.78 is 0.897. The van der Waals surface area contributed by atoms with Gasteiger partial charge in [0.25, 0.3) is 5.91 Å². The number of halogens is 2. The van der Waals surface area contributed by atoms with E-state index in [0.717, 1.165) is 15.7 Å². The van der Waals surface area contributed by atoms with Gasteiger partial charge in [-0.25, -0.2) is 0 Å². The summed E-state index contributed by atoms with van der Waals surface area (Å²) in [6, 6.07) is 13.4. The molecule has 2 aromatic carbocycles. The van der Waals surface area contributed by atoms with E-state index >= 15 is 0 Å². The molecule has 0 saturated heterocycles. The molecule has 0 aliphatic carbocycles. The molecule has 0 atom stereocenters. The Bertz CT molecular complexity index is 625. The van der Waals surface area contributed by atoms with Crippen LogP contribution in [0.4, 0.5) is 5.69 Å². The first-order valence-corrected chi connectivity index (χ1v) is 7.80. The van der Waals surface area contributed by atoms with Crippen LogP contribution < -0.4 is 4.90 Å². The second-order valence-corrected chi connectivity index (χ2v) is 6.11. The van der Waals surface area contributed by atoms with E-state index in [0.29, 0.717) is 10.6 Å². The van der Waals surface area contributed by atoms with Crippen molar-refractivity contribution in [1.29, 1.82) is 0 Å². The van der Waals surface area contributed by atoms with Crippen LogP contribution in [0.1, 0.15) is 22.8 Å². The number of nitrogens with zero attached hydrogens (tertiary/aromatic N) is 1. The van der Waals surface area contributed by atoms with Gasteiger partial charge in [-0.3, -0.25) is 4.79 Å². The molecule has 0 aliphatic heterocycles. The Morgan fingerprint density at radius 3 is 2.45 bits per heavy atom. The van der Waals surface area contributed by atoms with E-state index in [4.69, 9.17) is 11.6 Å². The number of anilines is 1. The Balaban J connectivity index is 2.29. The molecule has 0 unspecified atom stereocenters. The van der Waals surface area contributed by atoms with E-state index in [-0.39, 0.29) is 5.91 Å². The standard InChI is InChI=1S/C16H15ClINO/c1-3-11-4-7-13(8-5-11)19(2)16(20)14-10-12(17)6-9-15(14)18/h4-10H,3H2,1-2H3. The van der Waals surface area contributed by atoms with Crippen molar-refractivity contribution in [2.45, 2.75) is 13.3 Å². The number of amides is 1. The van der Waals surface area contributed by atoms with Crippen molar-refractivity contribution >= 4 is 45.8 Å². The molecule has 20 heavy (non-hydrogen) atoms. The van der Waals surface area contributed by atoms with Crippen LogP contribution in [0.25, 0.3) is 0 Å². The molecule has 0 saturated carbocycles. The highest BCUT2D eigenvalue weighted by Gasteiger charge is 2.16. The van der Waals surface area contributed by atoms with Gasteiger partial charge in [-0.1, -0.05) is 30.7 Å². The van der Waals surface area contributed by atoms with E-state index in [1.165, 1.54) is 5.56 Å². The zero-order valence-electron chi connectivity index (χ0n) is 11.4. The van der Waals surface area contributed by atoms with E-state index in [1.807, 2.05) is 30.3 Å². The largest absolute Gasteiger partial charge is 0.311 e. The molecule has 0 heterocycles. The molecular formula is C16H15ClINO. The molecule has 4 heteroatoms. The lowest BCUT2D eigenvalue weighted by molar-refractivity contribution is 0.0992. The summed E-state index contributed by atoms with van der Waals surface area (Å²) in [6.07, 6.45) is 0.990. The van der Waals surface area contributed by atoms with Crippen LogP contribution in [-0.2, 0) is 6.42 Å². The summed E-state index contributed by atoms with van der Waals surface area (Å²) in [5.41, 5.74) is 2.76. The molecule has 104 valence electrons. The maximum Gasteiger partial charge on any atom is 0.259 e. The highest BCUT2D eigenvalue weighted by atomic mass is 127. The molecule has 0 N–H and O–H groups in total. The maximum absolute atomic E-state index is 12.5. The Morgan fingerprint density at radius 2 is 1.85 bits per heavy atom. The van der Waals surface area contributed by atoms with Gasteiger partial charge in [0.05, 0.1) is 5.56 Å². The number of benzene rings is 2. The van der Waals surface area contributed by atoms with Gasteiger partial charge in [-0.2, -0.15) is 0 Å². The molecule has 0 spiro atoms. The fraction of sp³-hybridized carbons (Fsp3) is 0.188. The van der Waals surface area contributed by atoms with Crippen molar-refractivity contribution in [3.8, 4) is 0 Å². The van der Waals surface area contributed by atoms with Gasteiger partial charge in [-0.05, 0) is 64.9 Å². The highest BCUT2D eigenvalue weighted by Crippen LogP contribution is 2.22. The summed E-state index contributed by atoms with van der Waals surface area (Å²) in [4.78, 5) is 14.2. The molecule has 2 aromatic rings. The van der Waals surface area contributed by atoms with E-state index in [2.05, 4.69) is 29.5 Å². The Morgan fingerprint density at radius 1 is 1.20 bits per heavy atom. The number of hydrogen-bond acceptors (Lipinski definition) is 1. The number of rotatable bonds is 3. The third kappa shape index (κ3) is 3.33. The van der Waals surface area contributed by atoms with Crippen LogP contribution in [0.3, 0.4) is 0 Å². The van der Waals surface area contributed by atoms with Crippen molar-refractivity contribution in [3.63, 3.8) is 0 Å². The summed E-state index contributed by atoms with van der Waals surface area (Å²) in [5, 5.41) is 0.573. The number of carbonyl (C=O) groups is 1. The van der Waals surface area contributed by atoms with Crippen molar-refractivity contribution < 1.29 is 4.79 Å². The van der Waals surface area contributed by atoms with E-state index < -0.39 is 0 Å². The molecule has 2 rings (SSSR count). The lowest BCUT2D eigenvalue weighted by atomic mass is 10.1. The fourth-order valence-electron chi connectivity index (χ4n) is 1.91. The molecule has 0 radical (unpaired) electrons. The number of aryl methyl sites for hydroxylation is 1. The van der Waals surface area contributed by atoms with Gasteiger partial charge in [-0.15, -0.1) is 0 Å². The van der Waals surface area contributed by atoms with Gasteiger partial charge in [0, 0.05) is 21.3 Å². The smallest absolute Gasteiger partial charge is 0.259 e. The minimum absolute atomic E-state index is 0.0545. The minimum Gasteiger partial charge on any atom is -0.311 e. The zero-order valence-corrected chi connectivity index (χ0v) is 14.3. The van der Waals surface area contributed by atoms with Crippen molar-refractivity contribution in [1.82, 2.24) is 0 Å². The summed E-state index contributed by atoms with van der Waals surface area (Å²) >= 11 is 8.13. The van der Waals surface area contributed by atoms with E-state index in [9.17, 15) is 4.79 Å².